The van der Waals surface area contributed by atoms with Crippen molar-refractivity contribution in [2.75, 3.05) is 0 Å². The molecule has 0 bridgehead atoms. The summed E-state index contributed by atoms with van der Waals surface area (Å²) in [5.74, 6) is 0. The molecule has 0 amide bonds. The van der Waals surface area contributed by atoms with Gasteiger partial charge in [0, 0.05) is 12.6 Å². The Balaban J connectivity index is 2.92. The van der Waals surface area contributed by atoms with Gasteiger partial charge in [0.15, 0.2) is 0 Å². The smallest absolute Gasteiger partial charge is 0.138 e. The Morgan fingerprint density at radius 3 is 2.73 bits per heavy atom. The Hall–Kier alpha value is -1.18. The Labute approximate surface area is 67.0 Å². The van der Waals surface area contributed by atoms with E-state index in [1.54, 1.807) is 0 Å². The van der Waals surface area contributed by atoms with Crippen molar-refractivity contribution in [2.45, 2.75) is 0 Å². The Bertz CT molecular complexity index is 389. The molecule has 2 aromatic rings. The van der Waals surface area contributed by atoms with E-state index in [0.29, 0.717) is 0 Å². The first kappa shape index (κ1) is 6.53. The summed E-state index contributed by atoms with van der Waals surface area (Å²) < 4.78 is 1.98. The van der Waals surface area contributed by atoms with Crippen molar-refractivity contribution >= 4 is 24.3 Å². The topological polar surface area (TPSA) is 4.93 Å². The lowest BCUT2D eigenvalue weighted by atomic mass is 10.1. The predicted octanol–water partition coefficient (Wildman–Crippen LogP) is 0.972. The van der Waals surface area contributed by atoms with Crippen LogP contribution in [0.15, 0.2) is 30.3 Å². The number of rotatable bonds is 0. The van der Waals surface area contributed by atoms with Crippen LogP contribution >= 0.6 is 0 Å². The van der Waals surface area contributed by atoms with E-state index in [0.717, 1.165) is 5.59 Å². The number of hydrogen-bond acceptors (Lipinski definition) is 0. The summed E-state index contributed by atoms with van der Waals surface area (Å²) in [6.07, 6.45) is 0. The van der Waals surface area contributed by atoms with Gasteiger partial charge in [-0.05, 0) is 23.1 Å². The summed E-state index contributed by atoms with van der Waals surface area (Å²) >= 11 is 0. The molecule has 0 atom stereocenters. The van der Waals surface area contributed by atoms with Gasteiger partial charge in [0.2, 0.25) is 0 Å². The van der Waals surface area contributed by atoms with Crippen LogP contribution in [0.4, 0.5) is 0 Å². The van der Waals surface area contributed by atoms with Crippen molar-refractivity contribution < 1.29 is 0 Å². The van der Waals surface area contributed by atoms with E-state index in [1.807, 2.05) is 29.8 Å². The highest BCUT2D eigenvalue weighted by Gasteiger charge is 1.97. The second-order valence-corrected chi connectivity index (χ2v) is 2.69. The van der Waals surface area contributed by atoms with Crippen molar-refractivity contribution in [1.29, 1.82) is 0 Å². The van der Waals surface area contributed by atoms with Crippen LogP contribution in [0, 0.1) is 0 Å². The van der Waals surface area contributed by atoms with Crippen molar-refractivity contribution in [2.24, 2.45) is 7.05 Å². The van der Waals surface area contributed by atoms with Crippen LogP contribution in [0.3, 0.4) is 0 Å². The van der Waals surface area contributed by atoms with Crippen molar-refractivity contribution in [3.05, 3.63) is 30.3 Å². The average Bonchev–Trinajstić information content (AvgIpc) is 2.30. The Morgan fingerprint density at radius 2 is 2.00 bits per heavy atom. The van der Waals surface area contributed by atoms with Gasteiger partial charge in [-0.2, -0.15) is 0 Å². The zero-order valence-electron chi connectivity index (χ0n) is 6.41. The van der Waals surface area contributed by atoms with Gasteiger partial charge < -0.3 is 4.57 Å². The quantitative estimate of drug-likeness (QED) is 0.481. The van der Waals surface area contributed by atoms with Crippen LogP contribution in [0.1, 0.15) is 0 Å². The first-order valence-electron chi connectivity index (χ1n) is 3.59. The SMILES string of the molecule is [B]c1cc2ccccc2n1C. The first-order chi connectivity index (χ1) is 5.29. The molecule has 0 fully saturated rings. The monoisotopic (exact) mass is 141 g/mol. The molecular weight excluding hydrogens is 133 g/mol. The maximum absolute atomic E-state index is 5.72. The number of nitrogens with zero attached hydrogens (tertiary/aromatic N) is 1. The van der Waals surface area contributed by atoms with Crippen molar-refractivity contribution in [3.8, 4) is 0 Å². The van der Waals surface area contributed by atoms with Gasteiger partial charge in [-0.3, -0.25) is 0 Å². The molecule has 0 N–H and O–H groups in total. The van der Waals surface area contributed by atoms with E-state index in [2.05, 4.69) is 12.1 Å². The van der Waals surface area contributed by atoms with Crippen molar-refractivity contribution in [3.63, 3.8) is 0 Å². The maximum Gasteiger partial charge on any atom is 0.138 e. The third-order valence-corrected chi connectivity index (χ3v) is 1.99. The lowest BCUT2D eigenvalue weighted by molar-refractivity contribution is 1.00. The van der Waals surface area contributed by atoms with Crippen LogP contribution in [0.25, 0.3) is 10.9 Å². The molecule has 0 aliphatic rings. The van der Waals surface area contributed by atoms with E-state index in [9.17, 15) is 0 Å². The number of aromatic nitrogens is 1. The fourth-order valence-corrected chi connectivity index (χ4v) is 1.31. The zero-order valence-corrected chi connectivity index (χ0v) is 6.41. The minimum absolute atomic E-state index is 0.811. The van der Waals surface area contributed by atoms with Gasteiger partial charge in [0.1, 0.15) is 7.85 Å². The molecule has 1 aromatic carbocycles. The molecule has 52 valence electrons. The minimum atomic E-state index is 0.811. The molecule has 0 saturated heterocycles. The highest BCUT2D eigenvalue weighted by Crippen LogP contribution is 2.10. The average molecular weight is 141 g/mol. The molecule has 2 radical (unpaired) electrons. The van der Waals surface area contributed by atoms with E-state index >= 15 is 0 Å². The van der Waals surface area contributed by atoms with Crippen molar-refractivity contribution in [1.82, 2.24) is 4.57 Å². The van der Waals surface area contributed by atoms with Gasteiger partial charge in [-0.25, -0.2) is 0 Å². The van der Waals surface area contributed by atoms with Gasteiger partial charge in [0.25, 0.3) is 0 Å². The molecule has 11 heavy (non-hydrogen) atoms. The molecule has 0 aliphatic carbocycles. The zero-order chi connectivity index (χ0) is 7.84. The summed E-state index contributed by atoms with van der Waals surface area (Å²) in [6, 6.07) is 10.1. The van der Waals surface area contributed by atoms with E-state index in [4.69, 9.17) is 7.85 Å². The fraction of sp³-hybridized carbons (Fsp3) is 0.111. The minimum Gasteiger partial charge on any atom is -0.358 e. The second kappa shape index (κ2) is 2.16. The number of para-hydroxylation sites is 1. The largest absolute Gasteiger partial charge is 0.358 e. The maximum atomic E-state index is 5.72. The molecule has 0 unspecified atom stereocenters. The summed E-state index contributed by atoms with van der Waals surface area (Å²) in [5, 5.41) is 1.20. The van der Waals surface area contributed by atoms with Crippen LogP contribution < -0.4 is 5.59 Å². The van der Waals surface area contributed by atoms with Gasteiger partial charge >= 0.3 is 0 Å². The molecule has 2 rings (SSSR count). The van der Waals surface area contributed by atoms with Gasteiger partial charge in [0.05, 0.1) is 0 Å². The first-order valence-corrected chi connectivity index (χ1v) is 3.59. The summed E-state index contributed by atoms with van der Waals surface area (Å²) in [7, 11) is 7.69. The third-order valence-electron chi connectivity index (χ3n) is 1.99. The fourth-order valence-electron chi connectivity index (χ4n) is 1.31. The molecule has 2 heteroatoms. The number of hydrogen-bond donors (Lipinski definition) is 0. The molecule has 1 heterocycles. The highest BCUT2D eigenvalue weighted by atomic mass is 14.9. The molecule has 0 saturated carbocycles. The lowest BCUT2D eigenvalue weighted by Gasteiger charge is -1.96. The normalized spacial score (nSPS) is 10.6. The molecule has 1 aromatic heterocycles. The molecule has 0 aliphatic heterocycles. The number of benzene rings is 1. The van der Waals surface area contributed by atoms with E-state index in [1.165, 1.54) is 10.9 Å². The van der Waals surface area contributed by atoms with Crippen LogP contribution in [-0.2, 0) is 7.05 Å². The third kappa shape index (κ3) is 0.863. The Morgan fingerprint density at radius 1 is 1.27 bits per heavy atom. The standard InChI is InChI=1S/C9H8BN/c1-11-8-5-3-2-4-7(8)6-9(11)10/h2-6H,1H3. The molecular formula is C9H8BN. The summed E-state index contributed by atoms with van der Waals surface area (Å²) in [6.45, 7) is 0. The number of fused-ring (bicyclic) bond motifs is 1. The predicted molar refractivity (Wildman–Crippen MR) is 48.3 cm³/mol. The second-order valence-electron chi connectivity index (χ2n) is 2.69. The van der Waals surface area contributed by atoms with Gasteiger partial charge in [-0.1, -0.05) is 18.2 Å². The van der Waals surface area contributed by atoms with E-state index < -0.39 is 0 Å². The van der Waals surface area contributed by atoms with E-state index in [-0.39, 0.29) is 0 Å². The van der Waals surface area contributed by atoms with Crippen LogP contribution in [0.5, 0.6) is 0 Å². The molecule has 1 nitrogen and oxygen atoms in total. The molecule has 0 spiro atoms. The van der Waals surface area contributed by atoms with Gasteiger partial charge in [-0.15, -0.1) is 0 Å². The van der Waals surface area contributed by atoms with Crippen LogP contribution in [-0.4, -0.2) is 12.4 Å². The highest BCUT2D eigenvalue weighted by molar-refractivity contribution is 6.32. The van der Waals surface area contributed by atoms with Crippen LogP contribution in [0.2, 0.25) is 0 Å². The Kier molecular flexibility index (Phi) is 1.28. The lowest BCUT2D eigenvalue weighted by Crippen LogP contribution is -2.11. The summed E-state index contributed by atoms with van der Waals surface area (Å²) in [4.78, 5) is 0. The summed E-state index contributed by atoms with van der Waals surface area (Å²) in [5.41, 5.74) is 2.00. The number of aryl methyl sites for hydroxylation is 1.